The third kappa shape index (κ3) is 1.60. The molecule has 3 unspecified atom stereocenters. The van der Waals surface area contributed by atoms with Crippen molar-refractivity contribution in [3.8, 4) is 0 Å². The van der Waals surface area contributed by atoms with Gasteiger partial charge in [-0.2, -0.15) is 11.8 Å². The quantitative estimate of drug-likeness (QED) is 0.401. The lowest BCUT2D eigenvalue weighted by atomic mass is 9.35. The molecule has 5 saturated carbocycles. The summed E-state index contributed by atoms with van der Waals surface area (Å²) in [6.07, 6.45) is 6.87. The fourth-order valence-electron chi connectivity index (χ4n) is 7.59. The minimum absolute atomic E-state index is 0.0106. The fraction of sp³-hybridized carbons (Fsp3) is 0.762. The normalized spacial score (nSPS) is 52.4. The van der Waals surface area contributed by atoms with E-state index in [1.807, 2.05) is 6.26 Å². The number of carbonyl (C=O) groups excluding carboxylic acids is 3. The molecule has 0 aromatic heterocycles. The lowest BCUT2D eigenvalue weighted by Gasteiger charge is -2.68. The van der Waals surface area contributed by atoms with Crippen LogP contribution in [0, 0.1) is 34.0 Å². The predicted octanol–water partition coefficient (Wildman–Crippen LogP) is 3.19. The van der Waals surface area contributed by atoms with Gasteiger partial charge in [0.25, 0.3) is 0 Å². The van der Waals surface area contributed by atoms with Crippen molar-refractivity contribution < 1.29 is 19.1 Å². The second-order valence-electron chi connectivity index (χ2n) is 9.47. The predicted molar refractivity (Wildman–Crippen MR) is 98.6 cm³/mol. The van der Waals surface area contributed by atoms with E-state index in [4.69, 9.17) is 4.74 Å². The van der Waals surface area contributed by atoms with Crippen molar-refractivity contribution in [3.63, 3.8) is 0 Å². The molecule has 7 atom stereocenters. The van der Waals surface area contributed by atoms with Gasteiger partial charge in [-0.3, -0.25) is 14.4 Å². The van der Waals surface area contributed by atoms with Crippen molar-refractivity contribution in [1.29, 1.82) is 0 Å². The van der Waals surface area contributed by atoms with Crippen molar-refractivity contribution in [2.24, 2.45) is 34.0 Å². The van der Waals surface area contributed by atoms with E-state index in [2.05, 4.69) is 13.5 Å². The number of Topliss-reactive ketones (excluding diaryl/α,β-unsaturated/α-hetero) is 2. The fourth-order valence-corrected chi connectivity index (χ4v) is 8.86. The maximum atomic E-state index is 13.8. The van der Waals surface area contributed by atoms with E-state index in [0.29, 0.717) is 18.6 Å². The average molecular weight is 375 g/mol. The summed E-state index contributed by atoms with van der Waals surface area (Å²) >= 11 is 1.54. The molecule has 4 bridgehead atoms. The van der Waals surface area contributed by atoms with Gasteiger partial charge in [-0.1, -0.05) is 19.9 Å². The molecule has 1 heterocycles. The number of fused-ring (bicyclic) bond motifs is 2. The Labute approximate surface area is 158 Å². The molecule has 6 aliphatic rings. The first-order chi connectivity index (χ1) is 12.3. The van der Waals surface area contributed by atoms with Crippen LogP contribution in [-0.2, 0) is 19.1 Å². The van der Waals surface area contributed by atoms with Gasteiger partial charge in [0, 0.05) is 11.3 Å². The zero-order valence-electron chi connectivity index (χ0n) is 15.5. The van der Waals surface area contributed by atoms with Crippen molar-refractivity contribution >= 4 is 29.3 Å². The molecule has 26 heavy (non-hydrogen) atoms. The van der Waals surface area contributed by atoms with E-state index in [1.165, 1.54) is 0 Å². The summed E-state index contributed by atoms with van der Waals surface area (Å²) in [5, 5.41) is -0.296. The molecule has 0 amide bonds. The number of thioether (sulfide) groups is 1. The summed E-state index contributed by atoms with van der Waals surface area (Å²) in [7, 11) is 0. The molecule has 4 nitrogen and oxygen atoms in total. The molecule has 6 rings (SSSR count). The Morgan fingerprint density at radius 3 is 2.69 bits per heavy atom. The molecule has 0 radical (unpaired) electrons. The van der Waals surface area contributed by atoms with Crippen molar-refractivity contribution in [2.45, 2.75) is 50.7 Å². The second-order valence-corrected chi connectivity index (χ2v) is 10.5. The minimum Gasteiger partial charge on any atom is -0.465 e. The molecule has 5 aliphatic carbocycles. The maximum absolute atomic E-state index is 13.8. The van der Waals surface area contributed by atoms with E-state index >= 15 is 0 Å². The van der Waals surface area contributed by atoms with Crippen molar-refractivity contribution in [2.75, 3.05) is 12.9 Å². The highest BCUT2D eigenvalue weighted by Gasteiger charge is 2.78. The SMILES string of the molecule is C=C1C(=O)C23CC[C@H]1CC2[C@@]12CCC[C@@](C)(COC1=O)C2[C@H](SC)C3=O. The first-order valence-corrected chi connectivity index (χ1v) is 11.1. The highest BCUT2D eigenvalue weighted by Crippen LogP contribution is 2.72. The molecule has 0 N–H and O–H groups in total. The number of rotatable bonds is 1. The molecular weight excluding hydrogens is 348 g/mol. The van der Waals surface area contributed by atoms with Gasteiger partial charge in [-0.05, 0) is 55.8 Å². The van der Waals surface area contributed by atoms with Crippen LogP contribution in [0.2, 0.25) is 0 Å². The Hall–Kier alpha value is -1.10. The van der Waals surface area contributed by atoms with Crippen LogP contribution in [0.5, 0.6) is 0 Å². The summed E-state index contributed by atoms with van der Waals surface area (Å²) in [4.78, 5) is 40.5. The van der Waals surface area contributed by atoms with Crippen LogP contribution in [0.4, 0.5) is 0 Å². The van der Waals surface area contributed by atoms with Crippen LogP contribution in [0.15, 0.2) is 12.2 Å². The largest absolute Gasteiger partial charge is 0.465 e. The van der Waals surface area contributed by atoms with Gasteiger partial charge in [0.15, 0.2) is 11.6 Å². The third-order valence-corrected chi connectivity index (χ3v) is 9.62. The number of hydrogen-bond donors (Lipinski definition) is 0. The second kappa shape index (κ2) is 5.03. The first-order valence-electron chi connectivity index (χ1n) is 9.81. The lowest BCUT2D eigenvalue weighted by molar-refractivity contribution is -0.229. The topological polar surface area (TPSA) is 60.4 Å². The smallest absolute Gasteiger partial charge is 0.312 e. The molecule has 6 fully saturated rings. The molecule has 1 saturated heterocycles. The van der Waals surface area contributed by atoms with Crippen LogP contribution in [0.1, 0.15) is 45.4 Å². The molecule has 0 aromatic carbocycles. The van der Waals surface area contributed by atoms with Crippen LogP contribution in [-0.4, -0.2) is 35.6 Å². The van der Waals surface area contributed by atoms with Gasteiger partial charge < -0.3 is 4.74 Å². The number of cyclic esters (lactones) is 1. The van der Waals surface area contributed by atoms with Crippen LogP contribution in [0.25, 0.3) is 0 Å². The Bertz CT molecular complexity index is 759. The van der Waals surface area contributed by atoms with E-state index in [1.54, 1.807) is 11.8 Å². The van der Waals surface area contributed by atoms with Crippen molar-refractivity contribution in [1.82, 2.24) is 0 Å². The average Bonchev–Trinajstić information content (AvgIpc) is 2.63. The maximum Gasteiger partial charge on any atom is 0.312 e. The van der Waals surface area contributed by atoms with Gasteiger partial charge in [-0.15, -0.1) is 0 Å². The van der Waals surface area contributed by atoms with Gasteiger partial charge in [0.1, 0.15) is 0 Å². The number of carbonyl (C=O) groups is 3. The molecule has 140 valence electrons. The van der Waals surface area contributed by atoms with E-state index in [9.17, 15) is 14.4 Å². The Balaban J connectivity index is 1.78. The number of hydrogen-bond acceptors (Lipinski definition) is 5. The van der Waals surface area contributed by atoms with Gasteiger partial charge in [0.2, 0.25) is 0 Å². The summed E-state index contributed by atoms with van der Waals surface area (Å²) in [5.74, 6) is -0.189. The monoisotopic (exact) mass is 374 g/mol. The summed E-state index contributed by atoms with van der Waals surface area (Å²) in [5.41, 5.74) is -1.22. The van der Waals surface area contributed by atoms with Crippen molar-refractivity contribution in [3.05, 3.63) is 12.2 Å². The molecule has 5 heteroatoms. The zero-order chi connectivity index (χ0) is 18.5. The Morgan fingerprint density at radius 2 is 1.96 bits per heavy atom. The highest BCUT2D eigenvalue weighted by atomic mass is 32.2. The van der Waals surface area contributed by atoms with E-state index in [0.717, 1.165) is 32.1 Å². The van der Waals surface area contributed by atoms with E-state index in [-0.39, 0.29) is 46.0 Å². The molecule has 0 aromatic rings. The van der Waals surface area contributed by atoms with Crippen LogP contribution in [0.3, 0.4) is 0 Å². The number of ether oxygens (including phenoxy) is 1. The van der Waals surface area contributed by atoms with Gasteiger partial charge >= 0.3 is 5.97 Å². The third-order valence-electron chi connectivity index (χ3n) is 8.63. The summed E-state index contributed by atoms with van der Waals surface area (Å²) in [6, 6.07) is 0. The first kappa shape index (κ1) is 17.0. The van der Waals surface area contributed by atoms with Crippen LogP contribution >= 0.6 is 11.8 Å². The van der Waals surface area contributed by atoms with E-state index < -0.39 is 10.8 Å². The molecule has 1 spiro atoms. The lowest BCUT2D eigenvalue weighted by Crippen LogP contribution is -2.75. The molecular formula is C21H26O4S. The Morgan fingerprint density at radius 1 is 1.19 bits per heavy atom. The number of esters is 1. The molecule has 1 aliphatic heterocycles. The summed E-state index contributed by atoms with van der Waals surface area (Å²) < 4.78 is 5.76. The minimum atomic E-state index is -1.02. The number of ketones is 2. The summed E-state index contributed by atoms with van der Waals surface area (Å²) in [6.45, 7) is 6.64. The Kier molecular flexibility index (Phi) is 3.30. The number of allylic oxidation sites excluding steroid dienone is 1. The van der Waals surface area contributed by atoms with Gasteiger partial charge in [-0.25, -0.2) is 0 Å². The zero-order valence-corrected chi connectivity index (χ0v) is 16.3. The standard InChI is InChI=1S/C21H26O4S/c1-11-12-5-8-21(16(11)22)13(9-12)20-7-4-6-19(2,10-25-18(20)24)15(20)14(26-3)17(21)23/h12-15H,1,4-10H2,2-3H3/t12-,13?,14-,15?,19-,20+,21?/m0/s1. The highest BCUT2D eigenvalue weighted by molar-refractivity contribution is 8.00. The van der Waals surface area contributed by atoms with Crippen LogP contribution < -0.4 is 0 Å². The van der Waals surface area contributed by atoms with Gasteiger partial charge in [0.05, 0.1) is 22.7 Å².